The van der Waals surface area contributed by atoms with Gasteiger partial charge in [-0.3, -0.25) is 10.1 Å². The number of hydrogen-bond donors (Lipinski definition) is 1. The summed E-state index contributed by atoms with van der Waals surface area (Å²) in [5.41, 5.74) is 2.78. The van der Waals surface area contributed by atoms with Gasteiger partial charge in [0.15, 0.2) is 0 Å². The Kier molecular flexibility index (Phi) is 5.95. The first kappa shape index (κ1) is 23.5. The zero-order valence-electron chi connectivity index (χ0n) is 18.9. The highest BCUT2D eigenvalue weighted by atomic mass is 19.4. The lowest BCUT2D eigenvalue weighted by Gasteiger charge is -2.27. The number of hydrogen-bond acceptors (Lipinski definition) is 4. The van der Waals surface area contributed by atoms with Crippen LogP contribution in [0, 0.1) is 16.0 Å². The number of aryl methyl sites for hydroxylation is 1. The molecule has 1 N–H and O–H groups in total. The van der Waals surface area contributed by atoms with Crippen LogP contribution in [0.1, 0.15) is 41.1 Å². The van der Waals surface area contributed by atoms with Gasteiger partial charge in [-0.1, -0.05) is 36.4 Å². The van der Waals surface area contributed by atoms with Gasteiger partial charge in [0, 0.05) is 29.3 Å². The molecule has 3 aromatic rings. The van der Waals surface area contributed by atoms with Gasteiger partial charge >= 0.3 is 12.2 Å². The van der Waals surface area contributed by atoms with E-state index in [1.807, 2.05) is 24.3 Å². The SMILES string of the molecule is O=C(Nc1ccc([N+](=O)[O-])cc1)N1N=C2c3ccccc3CCCC2C1c1ccc(C(F)(F)F)cc1. The van der Waals surface area contributed by atoms with Gasteiger partial charge in [0.1, 0.15) is 0 Å². The van der Waals surface area contributed by atoms with Gasteiger partial charge in [0.05, 0.1) is 22.2 Å². The molecule has 36 heavy (non-hydrogen) atoms. The smallest absolute Gasteiger partial charge is 0.306 e. The van der Waals surface area contributed by atoms with Gasteiger partial charge in [-0.2, -0.15) is 18.3 Å². The van der Waals surface area contributed by atoms with E-state index in [4.69, 9.17) is 0 Å². The first-order chi connectivity index (χ1) is 17.2. The maximum atomic E-state index is 13.4. The minimum absolute atomic E-state index is 0.115. The quantitative estimate of drug-likeness (QED) is 0.330. The highest BCUT2D eigenvalue weighted by molar-refractivity contribution is 6.07. The monoisotopic (exact) mass is 494 g/mol. The van der Waals surface area contributed by atoms with Crippen molar-refractivity contribution in [2.75, 3.05) is 5.32 Å². The van der Waals surface area contributed by atoms with Crippen LogP contribution < -0.4 is 5.32 Å². The number of hydrazone groups is 1. The summed E-state index contributed by atoms with van der Waals surface area (Å²) in [5.74, 6) is -0.201. The van der Waals surface area contributed by atoms with Crippen molar-refractivity contribution in [2.24, 2.45) is 11.0 Å². The number of carbonyl (C=O) groups is 1. The van der Waals surface area contributed by atoms with Gasteiger partial charge < -0.3 is 5.32 Å². The fraction of sp³-hybridized carbons (Fsp3) is 0.231. The molecule has 2 atom stereocenters. The van der Waals surface area contributed by atoms with Gasteiger partial charge in [-0.05, 0) is 54.7 Å². The predicted octanol–water partition coefficient (Wildman–Crippen LogP) is 6.56. The number of carbonyl (C=O) groups excluding carboxylic acids is 1. The van der Waals surface area contributed by atoms with E-state index in [0.717, 1.165) is 41.8 Å². The maximum absolute atomic E-state index is 13.4. The molecule has 2 aliphatic rings. The van der Waals surface area contributed by atoms with Crippen molar-refractivity contribution in [3.05, 3.63) is 105 Å². The van der Waals surface area contributed by atoms with E-state index in [0.29, 0.717) is 17.7 Å². The zero-order chi connectivity index (χ0) is 25.4. The molecule has 0 spiro atoms. The summed E-state index contributed by atoms with van der Waals surface area (Å²) in [5, 5.41) is 19.6. The summed E-state index contributed by atoms with van der Waals surface area (Å²) in [7, 11) is 0. The van der Waals surface area contributed by atoms with Gasteiger partial charge in [-0.15, -0.1) is 0 Å². The summed E-state index contributed by atoms with van der Waals surface area (Å²) in [6.45, 7) is 0. The second kappa shape index (κ2) is 9.10. The minimum Gasteiger partial charge on any atom is -0.306 e. The van der Waals surface area contributed by atoms with Gasteiger partial charge in [0.2, 0.25) is 0 Å². The Hall–Kier alpha value is -4.21. The molecule has 2 amide bonds. The van der Waals surface area contributed by atoms with E-state index < -0.39 is 28.7 Å². The number of halogens is 3. The number of nitro benzene ring substituents is 1. The Morgan fingerprint density at radius 1 is 1.03 bits per heavy atom. The number of nitro groups is 1. The average Bonchev–Trinajstić information content (AvgIpc) is 3.14. The topological polar surface area (TPSA) is 87.8 Å². The Morgan fingerprint density at radius 3 is 2.39 bits per heavy atom. The molecule has 1 aliphatic heterocycles. The van der Waals surface area contributed by atoms with Crippen LogP contribution in [0.15, 0.2) is 77.9 Å². The number of non-ortho nitro benzene ring substituents is 1. The Bertz CT molecular complexity index is 1340. The molecule has 5 rings (SSSR count). The van der Waals surface area contributed by atoms with Crippen molar-refractivity contribution in [3.63, 3.8) is 0 Å². The van der Waals surface area contributed by atoms with Crippen LogP contribution in [0.4, 0.5) is 29.3 Å². The van der Waals surface area contributed by atoms with Crippen molar-refractivity contribution in [3.8, 4) is 0 Å². The van der Waals surface area contributed by atoms with Gasteiger partial charge in [-0.25, -0.2) is 9.80 Å². The molecular weight excluding hydrogens is 473 g/mol. The first-order valence-corrected chi connectivity index (χ1v) is 11.4. The number of urea groups is 1. The normalized spacial score (nSPS) is 19.1. The Morgan fingerprint density at radius 2 is 1.72 bits per heavy atom. The Labute approximate surface area is 204 Å². The van der Waals surface area contributed by atoms with E-state index >= 15 is 0 Å². The lowest BCUT2D eigenvalue weighted by Crippen LogP contribution is -2.34. The number of amides is 2. The predicted molar refractivity (Wildman–Crippen MR) is 128 cm³/mol. The number of benzene rings is 3. The van der Waals surface area contributed by atoms with Crippen LogP contribution in [-0.2, 0) is 12.6 Å². The highest BCUT2D eigenvalue weighted by Gasteiger charge is 2.43. The number of anilines is 1. The minimum atomic E-state index is -4.47. The fourth-order valence-corrected chi connectivity index (χ4v) is 4.88. The summed E-state index contributed by atoms with van der Waals surface area (Å²) in [6.07, 6.45) is -2.07. The highest BCUT2D eigenvalue weighted by Crippen LogP contribution is 2.43. The Balaban J connectivity index is 1.52. The number of nitrogens with zero attached hydrogens (tertiary/aromatic N) is 3. The molecule has 0 saturated heterocycles. The van der Waals surface area contributed by atoms with Crippen LogP contribution >= 0.6 is 0 Å². The third-order valence-electron chi connectivity index (χ3n) is 6.58. The van der Waals surface area contributed by atoms with Crippen LogP contribution in [0.2, 0.25) is 0 Å². The molecule has 184 valence electrons. The average molecular weight is 494 g/mol. The molecule has 10 heteroatoms. The largest absolute Gasteiger partial charge is 0.416 e. The molecule has 0 bridgehead atoms. The van der Waals surface area contributed by atoms with Crippen LogP contribution in [0.5, 0.6) is 0 Å². The molecule has 3 aromatic carbocycles. The fourth-order valence-electron chi connectivity index (χ4n) is 4.88. The summed E-state index contributed by atoms with van der Waals surface area (Å²) in [6, 6.07) is 16.9. The lowest BCUT2D eigenvalue weighted by atomic mass is 9.85. The van der Waals surface area contributed by atoms with E-state index in [-0.39, 0.29) is 11.6 Å². The first-order valence-electron chi connectivity index (χ1n) is 11.4. The van der Waals surface area contributed by atoms with Crippen molar-refractivity contribution in [2.45, 2.75) is 31.5 Å². The molecular formula is C26H21F3N4O3. The van der Waals surface area contributed by atoms with Crippen molar-refractivity contribution >= 4 is 23.1 Å². The molecule has 7 nitrogen and oxygen atoms in total. The van der Waals surface area contributed by atoms with Crippen LogP contribution in [0.3, 0.4) is 0 Å². The second-order valence-electron chi connectivity index (χ2n) is 8.78. The van der Waals surface area contributed by atoms with E-state index in [1.54, 1.807) is 0 Å². The van der Waals surface area contributed by atoms with E-state index in [1.165, 1.54) is 41.4 Å². The third kappa shape index (κ3) is 4.41. The molecule has 0 saturated carbocycles. The summed E-state index contributed by atoms with van der Waals surface area (Å²) < 4.78 is 39.5. The number of fused-ring (bicyclic) bond motifs is 3. The van der Waals surface area contributed by atoms with Crippen molar-refractivity contribution < 1.29 is 22.9 Å². The molecule has 0 aromatic heterocycles. The molecule has 1 heterocycles. The summed E-state index contributed by atoms with van der Waals surface area (Å²) >= 11 is 0. The molecule has 2 unspecified atom stereocenters. The van der Waals surface area contributed by atoms with Crippen molar-refractivity contribution in [1.82, 2.24) is 5.01 Å². The van der Waals surface area contributed by atoms with Crippen molar-refractivity contribution in [1.29, 1.82) is 0 Å². The van der Waals surface area contributed by atoms with E-state index in [2.05, 4.69) is 10.4 Å². The molecule has 0 radical (unpaired) electrons. The molecule has 0 fully saturated rings. The molecule has 1 aliphatic carbocycles. The summed E-state index contributed by atoms with van der Waals surface area (Å²) in [4.78, 5) is 23.8. The standard InChI is InChI=1S/C26H21F3N4O3/c27-26(28,29)18-10-8-17(9-11-18)24-22-7-3-5-16-4-1-2-6-21(16)23(22)31-32(24)25(34)30-19-12-14-20(15-13-19)33(35)36/h1-2,4,6,8-15,22,24H,3,5,7H2,(H,30,34). The lowest BCUT2D eigenvalue weighted by molar-refractivity contribution is -0.384. The second-order valence-corrected chi connectivity index (χ2v) is 8.78. The number of rotatable bonds is 3. The number of nitrogens with one attached hydrogen (secondary N) is 1. The zero-order valence-corrected chi connectivity index (χ0v) is 18.9. The maximum Gasteiger partial charge on any atom is 0.416 e. The van der Waals surface area contributed by atoms with Crippen LogP contribution in [-0.4, -0.2) is 21.7 Å². The number of alkyl halides is 3. The van der Waals surface area contributed by atoms with Gasteiger partial charge in [0.25, 0.3) is 5.69 Å². The van der Waals surface area contributed by atoms with Crippen LogP contribution in [0.25, 0.3) is 0 Å². The van der Waals surface area contributed by atoms with E-state index in [9.17, 15) is 28.1 Å². The third-order valence-corrected chi connectivity index (χ3v) is 6.58.